The van der Waals surface area contributed by atoms with Crippen LogP contribution in [0.25, 0.3) is 0 Å². The molecule has 0 fully saturated rings. The second-order valence-electron chi connectivity index (χ2n) is 4.19. The van der Waals surface area contributed by atoms with Gasteiger partial charge in [0.15, 0.2) is 0 Å². The van der Waals surface area contributed by atoms with Crippen LogP contribution in [0.1, 0.15) is 24.2 Å². The largest absolute Gasteiger partial charge is 0.478 e. The van der Waals surface area contributed by atoms with Crippen LogP contribution in [-0.2, 0) is 14.3 Å². The molecule has 1 aromatic rings. The van der Waals surface area contributed by atoms with Crippen molar-refractivity contribution >= 4 is 21.8 Å². The summed E-state index contributed by atoms with van der Waals surface area (Å²) in [5, 5.41) is 8.94. The molecule has 0 aliphatic carbocycles. The van der Waals surface area contributed by atoms with E-state index < -0.39 is 21.0 Å². The van der Waals surface area contributed by atoms with Crippen LogP contribution >= 0.6 is 0 Å². The minimum absolute atomic E-state index is 0.00844. The third-order valence-corrected chi connectivity index (χ3v) is 3.38. The molecular weight excluding hydrogens is 258 g/mol. The van der Waals surface area contributed by atoms with Crippen LogP contribution in [0.3, 0.4) is 0 Å². The fourth-order valence-electron chi connectivity index (χ4n) is 1.21. The van der Waals surface area contributed by atoms with Gasteiger partial charge >= 0.3 is 5.97 Å². The highest BCUT2D eigenvalue weighted by atomic mass is 32.2. The highest BCUT2D eigenvalue weighted by Crippen LogP contribution is 2.21. The zero-order valence-corrected chi connectivity index (χ0v) is 10.9. The number of nitrogens with two attached hydrogens (primary N) is 1. The molecule has 0 heterocycles. The molecule has 0 radical (unpaired) electrons. The van der Waals surface area contributed by atoms with Gasteiger partial charge in [-0.3, -0.25) is 4.18 Å². The number of nitrogen functional groups attached to an aromatic ring is 1. The molecule has 1 aromatic carbocycles. The van der Waals surface area contributed by atoms with Crippen molar-refractivity contribution in [2.24, 2.45) is 5.92 Å². The Hall–Kier alpha value is -1.60. The Labute approximate surface area is 105 Å². The van der Waals surface area contributed by atoms with Crippen LogP contribution in [0.15, 0.2) is 23.1 Å². The van der Waals surface area contributed by atoms with Crippen LogP contribution in [0.5, 0.6) is 0 Å². The van der Waals surface area contributed by atoms with Crippen molar-refractivity contribution in [3.05, 3.63) is 23.8 Å². The van der Waals surface area contributed by atoms with E-state index in [1.165, 1.54) is 6.07 Å². The summed E-state index contributed by atoms with van der Waals surface area (Å²) in [7, 11) is -4.11. The van der Waals surface area contributed by atoms with Crippen molar-refractivity contribution in [2.45, 2.75) is 18.7 Å². The fraction of sp³-hybridized carbons (Fsp3) is 0.364. The summed E-state index contributed by atoms with van der Waals surface area (Å²) in [6, 6.07) is 3.55. The Morgan fingerprint density at radius 2 is 2.06 bits per heavy atom. The summed E-state index contributed by atoms with van der Waals surface area (Å²) >= 11 is 0. The highest BCUT2D eigenvalue weighted by molar-refractivity contribution is 7.86. The minimum Gasteiger partial charge on any atom is -0.478 e. The second-order valence-corrected chi connectivity index (χ2v) is 5.78. The van der Waals surface area contributed by atoms with E-state index in [4.69, 9.17) is 15.0 Å². The molecule has 6 nitrogen and oxygen atoms in total. The third kappa shape index (κ3) is 3.44. The van der Waals surface area contributed by atoms with E-state index in [2.05, 4.69) is 0 Å². The fourth-order valence-corrected chi connectivity index (χ4v) is 2.49. The molecule has 100 valence electrons. The van der Waals surface area contributed by atoms with Gasteiger partial charge in [0, 0.05) is 5.69 Å². The first-order chi connectivity index (χ1) is 8.24. The smallest absolute Gasteiger partial charge is 0.337 e. The van der Waals surface area contributed by atoms with Gasteiger partial charge < -0.3 is 10.8 Å². The maximum absolute atomic E-state index is 11.9. The van der Waals surface area contributed by atoms with Crippen molar-refractivity contribution < 1.29 is 22.5 Å². The predicted molar refractivity (Wildman–Crippen MR) is 65.8 cm³/mol. The van der Waals surface area contributed by atoms with Crippen LogP contribution in [0.4, 0.5) is 5.69 Å². The topological polar surface area (TPSA) is 107 Å². The van der Waals surface area contributed by atoms with E-state index in [1.54, 1.807) is 13.8 Å². The van der Waals surface area contributed by atoms with Crippen molar-refractivity contribution in [1.29, 1.82) is 0 Å². The predicted octanol–water partition coefficient (Wildman–Crippen LogP) is 1.33. The lowest BCUT2D eigenvalue weighted by Gasteiger charge is -2.10. The number of hydrogen-bond acceptors (Lipinski definition) is 5. The standard InChI is InChI=1S/C11H15NO5S/c1-7(2)6-17-18(15,16)10-5-8(12)3-4-9(10)11(13)14/h3-5,7H,6,12H2,1-2H3,(H,13,14). The first-order valence-electron chi connectivity index (χ1n) is 5.26. The number of carboxylic acid groups (broad SMARTS) is 1. The number of anilines is 1. The molecule has 7 heteroatoms. The molecule has 3 N–H and O–H groups in total. The van der Waals surface area contributed by atoms with Crippen molar-refractivity contribution in [2.75, 3.05) is 12.3 Å². The third-order valence-electron chi connectivity index (χ3n) is 2.06. The van der Waals surface area contributed by atoms with Crippen molar-refractivity contribution in [3.63, 3.8) is 0 Å². The van der Waals surface area contributed by atoms with Gasteiger partial charge in [0.05, 0.1) is 12.2 Å². The zero-order valence-electron chi connectivity index (χ0n) is 10.1. The highest BCUT2D eigenvalue weighted by Gasteiger charge is 2.23. The Bertz CT molecular complexity index is 551. The minimum atomic E-state index is -4.11. The molecule has 0 spiro atoms. The molecule has 0 aliphatic rings. The van der Waals surface area contributed by atoms with Gasteiger partial charge in [-0.15, -0.1) is 0 Å². The van der Waals surface area contributed by atoms with Gasteiger partial charge in [-0.1, -0.05) is 13.8 Å². The number of carboxylic acids is 1. The summed E-state index contributed by atoms with van der Waals surface area (Å²) in [4.78, 5) is 10.5. The molecule has 0 amide bonds. The van der Waals surface area contributed by atoms with Crippen LogP contribution in [0, 0.1) is 5.92 Å². The molecule has 1 rings (SSSR count). The number of hydrogen-bond donors (Lipinski definition) is 2. The van der Waals surface area contributed by atoms with Crippen molar-refractivity contribution in [1.82, 2.24) is 0 Å². The van der Waals surface area contributed by atoms with Crippen molar-refractivity contribution in [3.8, 4) is 0 Å². The lowest BCUT2D eigenvalue weighted by molar-refractivity contribution is 0.0692. The first kappa shape index (κ1) is 14.5. The molecule has 0 saturated heterocycles. The number of rotatable bonds is 5. The molecule has 0 unspecified atom stereocenters. The molecule has 0 aromatic heterocycles. The summed E-state index contributed by atoms with van der Waals surface area (Å²) in [5.41, 5.74) is 5.27. The summed E-state index contributed by atoms with van der Waals surface area (Å²) in [5.74, 6) is -1.34. The van der Waals surface area contributed by atoms with Gasteiger partial charge in [-0.05, 0) is 24.1 Å². The first-order valence-corrected chi connectivity index (χ1v) is 6.67. The average Bonchev–Trinajstić information content (AvgIpc) is 2.26. The normalized spacial score (nSPS) is 11.7. The summed E-state index contributed by atoms with van der Waals surface area (Å²) < 4.78 is 28.5. The number of benzene rings is 1. The molecule has 0 bridgehead atoms. The molecular formula is C11H15NO5S. The maximum Gasteiger partial charge on any atom is 0.337 e. The Morgan fingerprint density at radius 1 is 1.44 bits per heavy atom. The SMILES string of the molecule is CC(C)COS(=O)(=O)c1cc(N)ccc1C(=O)O. The van der Waals surface area contributed by atoms with Gasteiger partial charge in [-0.25, -0.2) is 4.79 Å². The van der Waals surface area contributed by atoms with E-state index in [9.17, 15) is 13.2 Å². The summed E-state index contributed by atoms with van der Waals surface area (Å²) in [6.45, 7) is 3.55. The maximum atomic E-state index is 11.9. The van der Waals surface area contributed by atoms with Crippen LogP contribution in [-0.4, -0.2) is 26.1 Å². The molecule has 0 saturated carbocycles. The van der Waals surface area contributed by atoms with Crippen LogP contribution < -0.4 is 5.73 Å². The molecule has 0 atom stereocenters. The summed E-state index contributed by atoms with van der Waals surface area (Å²) in [6.07, 6.45) is 0. The Balaban J connectivity index is 3.22. The Morgan fingerprint density at radius 3 is 2.56 bits per heavy atom. The van der Waals surface area contributed by atoms with E-state index >= 15 is 0 Å². The van der Waals surface area contributed by atoms with E-state index in [1.807, 2.05) is 0 Å². The molecule has 18 heavy (non-hydrogen) atoms. The average molecular weight is 273 g/mol. The Kier molecular flexibility index (Phi) is 4.31. The lowest BCUT2D eigenvalue weighted by Crippen LogP contribution is -2.15. The van der Waals surface area contributed by atoms with Gasteiger partial charge in [-0.2, -0.15) is 8.42 Å². The van der Waals surface area contributed by atoms with E-state index in [-0.39, 0.29) is 23.8 Å². The number of carbonyl (C=O) groups is 1. The number of aromatic carboxylic acids is 1. The van der Waals surface area contributed by atoms with E-state index in [0.717, 1.165) is 12.1 Å². The zero-order chi connectivity index (χ0) is 13.9. The van der Waals surface area contributed by atoms with Gasteiger partial charge in [0.25, 0.3) is 10.1 Å². The quantitative estimate of drug-likeness (QED) is 0.619. The lowest BCUT2D eigenvalue weighted by atomic mass is 10.2. The van der Waals surface area contributed by atoms with Crippen LogP contribution in [0.2, 0.25) is 0 Å². The van der Waals surface area contributed by atoms with Gasteiger partial charge in [0.1, 0.15) is 4.90 Å². The van der Waals surface area contributed by atoms with E-state index in [0.29, 0.717) is 0 Å². The van der Waals surface area contributed by atoms with Gasteiger partial charge in [0.2, 0.25) is 0 Å². The molecule has 0 aliphatic heterocycles. The second kappa shape index (κ2) is 5.36. The monoisotopic (exact) mass is 273 g/mol.